The molecule has 1 fully saturated rings. The first kappa shape index (κ1) is 91.9. The lowest BCUT2D eigenvalue weighted by atomic mass is 9.90. The molecular weight excluding hydrogens is 1760 g/mol. The second-order valence-electron chi connectivity index (χ2n) is 29.7. The van der Waals surface area contributed by atoms with Crippen molar-refractivity contribution in [2.75, 3.05) is 69.9 Å². The van der Waals surface area contributed by atoms with E-state index in [9.17, 15) is 85.4 Å². The van der Waals surface area contributed by atoms with Crippen molar-refractivity contribution in [2.24, 2.45) is 10.2 Å². The fraction of sp³-hybridized carbons (Fsp3) is 0.200. The fourth-order valence-electron chi connectivity index (χ4n) is 14.3. The van der Waals surface area contributed by atoms with Crippen LogP contribution >= 0.6 is 0 Å². The van der Waals surface area contributed by atoms with Crippen LogP contribution in [0, 0.1) is 0 Å². The van der Waals surface area contributed by atoms with Gasteiger partial charge in [-0.15, -0.1) is 5.06 Å². The number of nitrogens with two attached hydrogens (primary N) is 5. The van der Waals surface area contributed by atoms with Gasteiger partial charge in [0.2, 0.25) is 38.2 Å². The van der Waals surface area contributed by atoms with Crippen molar-refractivity contribution < 1.29 is 115 Å². The van der Waals surface area contributed by atoms with Gasteiger partial charge in [-0.1, -0.05) is 60.7 Å². The first-order valence-corrected chi connectivity index (χ1v) is 44.8. The molecule has 0 saturated carbocycles. The highest BCUT2D eigenvalue weighted by atomic mass is 32.2. The average Bonchev–Trinajstić information content (AvgIpc) is 1.17. The van der Waals surface area contributed by atoms with Gasteiger partial charge in [0.1, 0.15) is 36.6 Å². The Morgan fingerprint density at radius 3 is 1.53 bits per heavy atom. The van der Waals surface area contributed by atoms with Crippen molar-refractivity contribution in [3.05, 3.63) is 215 Å². The average molecular weight is 1840 g/mol. The highest BCUT2D eigenvalue weighted by Crippen LogP contribution is 2.48. The summed E-state index contributed by atoms with van der Waals surface area (Å²) in [6.07, 6.45) is 2.23. The number of carbonyl (C=O) groups is 7. The largest absolute Gasteiger partial charge is 0.744 e. The number of nitrogen functional groups attached to an aromatic ring is 3. The van der Waals surface area contributed by atoms with Crippen molar-refractivity contribution >= 4 is 149 Å². The molecule has 0 unspecified atom stereocenters. The van der Waals surface area contributed by atoms with Crippen molar-refractivity contribution in [3.8, 4) is 50.8 Å². The van der Waals surface area contributed by atoms with Gasteiger partial charge in [-0.3, -0.25) is 48.7 Å². The number of hydrogen-bond acceptors (Lipinski definition) is 30. The van der Waals surface area contributed by atoms with Crippen LogP contribution in [0.4, 0.5) is 34.4 Å². The van der Waals surface area contributed by atoms with Gasteiger partial charge in [-0.25, -0.2) is 26.6 Å². The van der Waals surface area contributed by atoms with Crippen LogP contribution in [0.5, 0.6) is 5.88 Å². The summed E-state index contributed by atoms with van der Waals surface area (Å²) in [5.41, 5.74) is 21.6. The van der Waals surface area contributed by atoms with Crippen LogP contribution < -0.4 is 59.0 Å². The van der Waals surface area contributed by atoms with E-state index in [0.717, 1.165) is 28.9 Å². The van der Waals surface area contributed by atoms with Crippen LogP contribution in [0.1, 0.15) is 87.1 Å². The van der Waals surface area contributed by atoms with Gasteiger partial charge in [0.05, 0.1) is 29.1 Å². The molecule has 2 aliphatic carbocycles. The molecule has 44 heteroatoms. The number of ether oxygens (including phenoxy) is 1. The third-order valence-electron chi connectivity index (χ3n) is 20.6. The predicted molar refractivity (Wildman–Crippen MR) is 461 cm³/mol. The zero-order valence-corrected chi connectivity index (χ0v) is 72.2. The maximum Gasteiger partial charge on any atom is 0.333 e. The third-order valence-corrected chi connectivity index (χ3v) is 24.3. The molecule has 9 aromatic rings. The summed E-state index contributed by atoms with van der Waals surface area (Å²) in [4.78, 5) is 108. The van der Waals surface area contributed by atoms with E-state index in [4.69, 9.17) is 46.4 Å². The summed E-state index contributed by atoms with van der Waals surface area (Å²) in [7, 11) is -14.0. The van der Waals surface area contributed by atoms with Crippen molar-refractivity contribution in [1.29, 1.82) is 0 Å². The second-order valence-corrected chi connectivity index (χ2v) is 35.0. The van der Waals surface area contributed by atoms with Gasteiger partial charge in [0.15, 0.2) is 33.9 Å². The van der Waals surface area contributed by atoms with Gasteiger partial charge >= 0.3 is 26.2 Å². The molecule has 668 valence electrons. The molecule has 0 atom stereocenters. The number of aryl methyl sites for hydroxylation is 1. The summed E-state index contributed by atoms with van der Waals surface area (Å²) in [5.74, 6) is -4.69. The molecule has 0 spiro atoms. The number of benzene rings is 9. The number of imidazole rings is 1. The second kappa shape index (κ2) is 37.8. The molecule has 129 heavy (non-hydrogen) atoms. The Bertz CT molecular complexity index is 7240. The fourth-order valence-corrected chi connectivity index (χ4v) is 17.3. The van der Waals surface area contributed by atoms with Gasteiger partial charge < -0.3 is 74.6 Å². The minimum absolute atomic E-state index is 0.00104. The molecule has 14 N–H and O–H groups in total. The summed E-state index contributed by atoms with van der Waals surface area (Å²) in [5, 5.41) is 25.7. The molecule has 6 amide bonds. The maximum atomic E-state index is 14.2. The molecule has 0 bridgehead atoms. The Balaban J connectivity index is 0.000000255. The zero-order valence-electron chi connectivity index (χ0n) is 68.9. The van der Waals surface area contributed by atoms with E-state index in [1.165, 1.54) is 90.6 Å². The SMILES string of the molecule is CN(CCCC(=O)NCc1ccc(COc2nc(N)nc3c2ncn3CCCNC(=O)c2ccc(N=Nc3ccc(N(C)C)cc3)cc2)cc1)C(=O)c1ccccc1-c1c2ccc(=[NH2+])c(S(=O)(=O)O)c-2oc2c(S(=O)(=O)[O-])c(N)ccc12.CN(CCCC(=O)ON1C(=O)CCC1=O)C(=O)c1ccccc1-c1c2ccc(=[NH2+])c(S(=O)(=O)O)c-2oc2c(S(=O)(=O)[O-])c(N)ccc12. The van der Waals surface area contributed by atoms with E-state index >= 15 is 0 Å². The lowest BCUT2D eigenvalue weighted by Gasteiger charge is -2.23. The van der Waals surface area contributed by atoms with Crippen LogP contribution in [0.2, 0.25) is 0 Å². The van der Waals surface area contributed by atoms with Crippen molar-refractivity contribution in [1.82, 2.24) is 45.0 Å². The van der Waals surface area contributed by atoms with E-state index in [-0.39, 0.29) is 144 Å². The van der Waals surface area contributed by atoms with Gasteiger partial charge in [0, 0.05) is 154 Å². The molecule has 5 heterocycles. The number of rotatable bonds is 30. The molecule has 2 aromatic heterocycles. The van der Waals surface area contributed by atoms with E-state index in [1.807, 2.05) is 72.1 Å². The lowest BCUT2D eigenvalue weighted by molar-refractivity contribution is -0.197. The molecular formula is C85H81N17O23S4. The number of hydroxylamine groups is 2. The number of fused-ring (bicyclic) bond motifs is 5. The summed E-state index contributed by atoms with van der Waals surface area (Å²) < 4.78 is 164. The van der Waals surface area contributed by atoms with Crippen LogP contribution in [-0.4, -0.2) is 176 Å². The number of hydrogen-bond donors (Lipinski definition) is 9. The molecule has 0 radical (unpaired) electrons. The normalized spacial score (nSPS) is 12.5. The van der Waals surface area contributed by atoms with Crippen LogP contribution in [-0.2, 0) is 84.2 Å². The van der Waals surface area contributed by atoms with Gasteiger partial charge in [0.25, 0.3) is 29.5 Å². The Labute approximate surface area is 734 Å². The number of anilines is 4. The summed E-state index contributed by atoms with van der Waals surface area (Å²) in [6.45, 7) is 1.34. The monoisotopic (exact) mass is 1840 g/mol. The van der Waals surface area contributed by atoms with Crippen LogP contribution in [0.15, 0.2) is 215 Å². The van der Waals surface area contributed by atoms with E-state index in [0.29, 0.717) is 52.7 Å². The number of azo groups is 1. The minimum Gasteiger partial charge on any atom is -0.744 e. The highest BCUT2D eigenvalue weighted by molar-refractivity contribution is 7.87. The predicted octanol–water partition coefficient (Wildman–Crippen LogP) is 5.43. The zero-order chi connectivity index (χ0) is 92.9. The van der Waals surface area contributed by atoms with E-state index in [1.54, 1.807) is 48.8 Å². The highest BCUT2D eigenvalue weighted by Gasteiger charge is 2.37. The Morgan fingerprint density at radius 2 is 1.05 bits per heavy atom. The summed E-state index contributed by atoms with van der Waals surface area (Å²) in [6, 6.07) is 44.2. The molecule has 40 nitrogen and oxygen atoms in total. The summed E-state index contributed by atoms with van der Waals surface area (Å²) >= 11 is 0. The maximum absolute atomic E-state index is 14.2. The van der Waals surface area contributed by atoms with E-state index < -0.39 is 134 Å². The number of carbonyl (C=O) groups excluding carboxylic acids is 7. The third kappa shape index (κ3) is 20.5. The molecule has 5 aliphatic rings. The first-order valence-electron chi connectivity index (χ1n) is 39.1. The first-order chi connectivity index (χ1) is 61.1. The number of imide groups is 1. The van der Waals surface area contributed by atoms with Crippen LogP contribution in [0.25, 0.3) is 78.0 Å². The Hall–Kier alpha value is -14.8. The topological polar surface area (TPSA) is 622 Å². The smallest absolute Gasteiger partial charge is 0.333 e. The number of nitrogens with one attached hydrogen (secondary N) is 2. The van der Waals surface area contributed by atoms with Crippen molar-refractivity contribution in [2.45, 2.75) is 84.2 Å². The van der Waals surface area contributed by atoms with Crippen LogP contribution in [0.3, 0.4) is 0 Å². The van der Waals surface area contributed by atoms with Crippen molar-refractivity contribution in [3.63, 3.8) is 0 Å². The quantitative estimate of drug-likeness (QED) is 0.00677. The molecule has 3 aliphatic heterocycles. The number of amides is 6. The van der Waals surface area contributed by atoms with Gasteiger partial charge in [-0.2, -0.15) is 37.0 Å². The molecule has 7 aromatic carbocycles. The molecule has 14 rings (SSSR count). The van der Waals surface area contributed by atoms with E-state index in [2.05, 4.69) is 35.8 Å². The Kier molecular flexibility index (Phi) is 26.9. The minimum atomic E-state index is -5.34. The standard InChI is InChI=1S/C56H55N13O11S2.C29H26N4O12S2/c1-67(2)38-21-19-37(20-22-38)66-65-36-17-15-35(16-18-36)53(71)60-27-7-29-69-32-62-47-52(69)63-56(59)64-54(47)79-31-34-13-11-33(12-14-34)30-61-45(70)10-6-28-68(3)55(72)40-9-5-4-8-39(40)46-41-23-25-43(57)50(81(73,74)75)48(41)80-49-42(46)24-26-44(58)51(49)82(76,77)78;1-32(14-4-7-23(36)45-33-21(34)12-13-22(33)35)29(37)16-6-3-2-5-15(16)24-17-8-10-19(30)27(46(38,39)40)25(17)44-26-18(24)9-11-20(31)28(26)47(41,42)43/h4-5,8-9,11-26,32,57H,6-7,10,27-31,58H2,1-3H3,(H,60,71)(H,61,70)(H2,59,63,64)(H,73,74,75)(H,76,77,78);2-3,5-6,8-11,30H,4,7,12-14,31H2,1H3,(H,38,39,40)(H,41,42,43). The van der Waals surface area contributed by atoms with Gasteiger partial charge in [-0.05, 0) is 139 Å². The lowest BCUT2D eigenvalue weighted by Crippen LogP contribution is -2.47. The molecule has 1 saturated heterocycles. The Morgan fingerprint density at radius 1 is 0.566 bits per heavy atom. The number of nitrogens with zero attached hydrogens (tertiary/aromatic N) is 10. The number of aromatic nitrogens is 4.